The molecule has 1 saturated heterocycles. The minimum Gasteiger partial charge on any atom is -0.337 e. The zero-order valence-corrected chi connectivity index (χ0v) is 14.1. The number of piperazine rings is 1. The Labute approximate surface area is 141 Å². The van der Waals surface area contributed by atoms with Crippen LogP contribution in [0, 0.1) is 5.92 Å². The second kappa shape index (κ2) is 6.74. The fourth-order valence-corrected chi connectivity index (χ4v) is 3.55. The standard InChI is InChI=1S/C15H18Cl2N2O.ClH/c1-9-8-18-2-3-19(9)15(20)14-7-13(14)10-4-11(16)6-12(17)5-10;/h4-6,9,13-14,18H,2-3,7-8H2,1H3;1H/t9-,13?,14?;/m1./s1. The van der Waals surface area contributed by atoms with Crippen LogP contribution in [0.5, 0.6) is 0 Å². The number of halogens is 3. The van der Waals surface area contributed by atoms with E-state index >= 15 is 0 Å². The Hall–Kier alpha value is -0.480. The molecule has 0 spiro atoms. The Bertz CT molecular complexity index is 517. The molecule has 116 valence electrons. The van der Waals surface area contributed by atoms with E-state index in [0.29, 0.717) is 10.0 Å². The Kier molecular flexibility index (Phi) is 5.42. The maximum absolute atomic E-state index is 12.6. The number of hydrogen-bond acceptors (Lipinski definition) is 2. The van der Waals surface area contributed by atoms with Crippen LogP contribution in [0.2, 0.25) is 10.0 Å². The summed E-state index contributed by atoms with van der Waals surface area (Å²) in [5.74, 6) is 0.658. The fraction of sp³-hybridized carbons (Fsp3) is 0.533. The third-order valence-corrected chi connectivity index (χ3v) is 4.64. The van der Waals surface area contributed by atoms with Gasteiger partial charge in [-0.3, -0.25) is 4.79 Å². The molecule has 1 heterocycles. The summed E-state index contributed by atoms with van der Waals surface area (Å²) < 4.78 is 0. The van der Waals surface area contributed by atoms with Gasteiger partial charge in [-0.05, 0) is 43.0 Å². The SMILES string of the molecule is C[C@@H]1CNCCN1C(=O)C1CC1c1cc(Cl)cc(Cl)c1.Cl. The van der Waals surface area contributed by atoms with E-state index < -0.39 is 0 Å². The molecule has 21 heavy (non-hydrogen) atoms. The number of carbonyl (C=O) groups excluding carboxylic acids is 1. The van der Waals surface area contributed by atoms with Crippen LogP contribution in [0.4, 0.5) is 0 Å². The van der Waals surface area contributed by atoms with Crippen molar-refractivity contribution in [1.82, 2.24) is 10.2 Å². The largest absolute Gasteiger partial charge is 0.337 e. The summed E-state index contributed by atoms with van der Waals surface area (Å²) in [6.07, 6.45) is 0.909. The molecule has 1 aromatic carbocycles. The molecule has 2 unspecified atom stereocenters. The van der Waals surface area contributed by atoms with Gasteiger partial charge in [0.25, 0.3) is 0 Å². The number of nitrogens with one attached hydrogen (secondary N) is 1. The van der Waals surface area contributed by atoms with Gasteiger partial charge in [-0.1, -0.05) is 23.2 Å². The predicted molar refractivity (Wildman–Crippen MR) is 88.6 cm³/mol. The molecular weight excluding hydrogens is 331 g/mol. The summed E-state index contributed by atoms with van der Waals surface area (Å²) in [5.41, 5.74) is 1.09. The molecule has 0 aromatic heterocycles. The van der Waals surface area contributed by atoms with Crippen LogP contribution in [0.15, 0.2) is 18.2 Å². The van der Waals surface area contributed by atoms with E-state index in [1.807, 2.05) is 17.0 Å². The first-order valence-corrected chi connectivity index (χ1v) is 7.79. The first-order chi connectivity index (χ1) is 9.56. The third kappa shape index (κ3) is 3.65. The summed E-state index contributed by atoms with van der Waals surface area (Å²) in [6.45, 7) is 4.67. The van der Waals surface area contributed by atoms with Gasteiger partial charge in [0.1, 0.15) is 0 Å². The van der Waals surface area contributed by atoms with Crippen molar-refractivity contribution in [3.05, 3.63) is 33.8 Å². The molecule has 3 atom stereocenters. The topological polar surface area (TPSA) is 32.3 Å². The Morgan fingerprint density at radius 3 is 2.57 bits per heavy atom. The van der Waals surface area contributed by atoms with E-state index in [4.69, 9.17) is 23.2 Å². The van der Waals surface area contributed by atoms with Crippen LogP contribution >= 0.6 is 35.6 Å². The van der Waals surface area contributed by atoms with Crippen molar-refractivity contribution in [1.29, 1.82) is 0 Å². The van der Waals surface area contributed by atoms with Crippen molar-refractivity contribution in [3.8, 4) is 0 Å². The highest BCUT2D eigenvalue weighted by Crippen LogP contribution is 2.49. The van der Waals surface area contributed by atoms with Gasteiger partial charge in [0, 0.05) is 41.6 Å². The van der Waals surface area contributed by atoms with Gasteiger partial charge in [0.05, 0.1) is 0 Å². The van der Waals surface area contributed by atoms with E-state index in [0.717, 1.165) is 31.6 Å². The lowest BCUT2D eigenvalue weighted by molar-refractivity contribution is -0.135. The molecule has 0 bridgehead atoms. The molecule has 3 rings (SSSR count). The lowest BCUT2D eigenvalue weighted by Crippen LogP contribution is -2.52. The van der Waals surface area contributed by atoms with Crippen LogP contribution in [0.25, 0.3) is 0 Å². The van der Waals surface area contributed by atoms with Crippen molar-refractivity contribution in [2.75, 3.05) is 19.6 Å². The maximum Gasteiger partial charge on any atom is 0.226 e. The van der Waals surface area contributed by atoms with Crippen LogP contribution in [0.3, 0.4) is 0 Å². The van der Waals surface area contributed by atoms with E-state index in [9.17, 15) is 4.79 Å². The molecule has 2 aliphatic rings. The molecular formula is C15H19Cl3N2O. The van der Waals surface area contributed by atoms with Gasteiger partial charge < -0.3 is 10.2 Å². The zero-order chi connectivity index (χ0) is 14.3. The lowest BCUT2D eigenvalue weighted by Gasteiger charge is -2.34. The van der Waals surface area contributed by atoms with E-state index in [-0.39, 0.29) is 36.2 Å². The summed E-state index contributed by atoms with van der Waals surface area (Å²) in [5, 5.41) is 4.59. The molecule has 3 nitrogen and oxygen atoms in total. The predicted octanol–water partition coefficient (Wildman–Crippen LogP) is 3.34. The monoisotopic (exact) mass is 348 g/mol. The van der Waals surface area contributed by atoms with Crippen molar-refractivity contribution in [2.45, 2.75) is 25.3 Å². The van der Waals surface area contributed by atoms with Crippen LogP contribution in [-0.4, -0.2) is 36.5 Å². The first kappa shape index (κ1) is 16.9. The molecule has 1 aromatic rings. The fourth-order valence-electron chi connectivity index (χ4n) is 3.01. The smallest absolute Gasteiger partial charge is 0.226 e. The number of carbonyl (C=O) groups is 1. The minimum absolute atomic E-state index is 0. The molecule has 0 radical (unpaired) electrons. The third-order valence-electron chi connectivity index (χ3n) is 4.21. The van der Waals surface area contributed by atoms with Crippen molar-refractivity contribution >= 4 is 41.5 Å². The van der Waals surface area contributed by atoms with E-state index in [1.165, 1.54) is 0 Å². The molecule has 2 fully saturated rings. The molecule has 6 heteroatoms. The van der Waals surface area contributed by atoms with Gasteiger partial charge in [-0.25, -0.2) is 0 Å². The average molecular weight is 350 g/mol. The number of hydrogen-bond donors (Lipinski definition) is 1. The second-order valence-corrected chi connectivity index (χ2v) is 6.61. The number of amides is 1. The highest BCUT2D eigenvalue weighted by atomic mass is 35.5. The summed E-state index contributed by atoms with van der Waals surface area (Å²) >= 11 is 12.1. The average Bonchev–Trinajstić information content (AvgIpc) is 3.17. The summed E-state index contributed by atoms with van der Waals surface area (Å²) in [6, 6.07) is 5.85. The molecule has 1 amide bonds. The lowest BCUT2D eigenvalue weighted by atomic mass is 10.1. The van der Waals surface area contributed by atoms with Crippen LogP contribution in [0.1, 0.15) is 24.8 Å². The second-order valence-electron chi connectivity index (χ2n) is 5.74. The molecule has 1 aliphatic heterocycles. The number of rotatable bonds is 2. The highest BCUT2D eigenvalue weighted by molar-refractivity contribution is 6.34. The van der Waals surface area contributed by atoms with Gasteiger partial charge in [0.2, 0.25) is 5.91 Å². The zero-order valence-electron chi connectivity index (χ0n) is 11.8. The van der Waals surface area contributed by atoms with Crippen molar-refractivity contribution in [2.24, 2.45) is 5.92 Å². The van der Waals surface area contributed by atoms with Gasteiger partial charge in [0.15, 0.2) is 0 Å². The van der Waals surface area contributed by atoms with E-state index in [1.54, 1.807) is 6.07 Å². The van der Waals surface area contributed by atoms with Crippen molar-refractivity contribution < 1.29 is 4.79 Å². The maximum atomic E-state index is 12.6. The van der Waals surface area contributed by atoms with Crippen LogP contribution < -0.4 is 5.32 Å². The Balaban J connectivity index is 0.00000161. The summed E-state index contributed by atoms with van der Waals surface area (Å²) in [4.78, 5) is 14.6. The summed E-state index contributed by atoms with van der Waals surface area (Å²) in [7, 11) is 0. The van der Waals surface area contributed by atoms with Crippen LogP contribution in [-0.2, 0) is 4.79 Å². The van der Waals surface area contributed by atoms with Gasteiger partial charge in [-0.2, -0.15) is 0 Å². The Morgan fingerprint density at radius 1 is 1.29 bits per heavy atom. The van der Waals surface area contributed by atoms with Gasteiger partial charge in [-0.15, -0.1) is 12.4 Å². The van der Waals surface area contributed by atoms with E-state index in [2.05, 4.69) is 12.2 Å². The Morgan fingerprint density at radius 2 is 1.95 bits per heavy atom. The quantitative estimate of drug-likeness (QED) is 0.888. The van der Waals surface area contributed by atoms with Crippen molar-refractivity contribution in [3.63, 3.8) is 0 Å². The number of benzene rings is 1. The number of nitrogens with zero attached hydrogens (tertiary/aromatic N) is 1. The first-order valence-electron chi connectivity index (χ1n) is 7.03. The minimum atomic E-state index is 0. The highest BCUT2D eigenvalue weighted by Gasteiger charge is 2.46. The normalized spacial score (nSPS) is 28.0. The van der Waals surface area contributed by atoms with Gasteiger partial charge >= 0.3 is 0 Å². The molecule has 1 aliphatic carbocycles. The molecule has 1 saturated carbocycles. The molecule has 1 N–H and O–H groups in total.